The number of hydrogen-bond acceptors (Lipinski definition) is 5. The molecule has 6 heteroatoms. The lowest BCUT2D eigenvalue weighted by Gasteiger charge is -2.05. The molecular formula is C13H16N4OS. The van der Waals surface area contributed by atoms with Crippen molar-refractivity contribution in [1.82, 2.24) is 20.6 Å². The van der Waals surface area contributed by atoms with Gasteiger partial charge in [0.15, 0.2) is 0 Å². The molecule has 0 aliphatic rings. The molecule has 0 atom stereocenters. The first-order valence-corrected chi connectivity index (χ1v) is 7.06. The fourth-order valence-electron chi connectivity index (χ4n) is 1.57. The van der Waals surface area contributed by atoms with Gasteiger partial charge < -0.3 is 10.6 Å². The van der Waals surface area contributed by atoms with E-state index in [2.05, 4.69) is 20.6 Å². The van der Waals surface area contributed by atoms with Crippen LogP contribution in [0.3, 0.4) is 0 Å². The Hall–Kier alpha value is -1.79. The highest BCUT2D eigenvalue weighted by Gasteiger charge is 2.05. The van der Waals surface area contributed by atoms with E-state index < -0.39 is 0 Å². The Labute approximate surface area is 116 Å². The van der Waals surface area contributed by atoms with Crippen molar-refractivity contribution in [1.29, 1.82) is 0 Å². The lowest BCUT2D eigenvalue weighted by Crippen LogP contribution is -2.27. The zero-order chi connectivity index (χ0) is 13.3. The van der Waals surface area contributed by atoms with Gasteiger partial charge in [0, 0.05) is 30.9 Å². The maximum atomic E-state index is 11.6. The predicted octanol–water partition coefficient (Wildman–Crippen LogP) is 1.45. The average molecular weight is 276 g/mol. The van der Waals surface area contributed by atoms with Crippen molar-refractivity contribution in [2.24, 2.45) is 0 Å². The first-order chi connectivity index (χ1) is 9.36. The number of nitrogens with one attached hydrogen (secondary N) is 2. The Morgan fingerprint density at radius 3 is 3.05 bits per heavy atom. The van der Waals surface area contributed by atoms with E-state index in [1.54, 1.807) is 17.1 Å². The maximum absolute atomic E-state index is 11.6. The van der Waals surface area contributed by atoms with Crippen molar-refractivity contribution in [2.45, 2.75) is 13.0 Å². The van der Waals surface area contributed by atoms with Gasteiger partial charge in [0.05, 0.1) is 5.51 Å². The number of aromatic nitrogens is 2. The number of thiazole rings is 1. The second kappa shape index (κ2) is 7.60. The van der Waals surface area contributed by atoms with Crippen molar-refractivity contribution in [3.05, 3.63) is 46.7 Å². The van der Waals surface area contributed by atoms with Gasteiger partial charge in [-0.05, 0) is 24.6 Å². The summed E-state index contributed by atoms with van der Waals surface area (Å²) in [4.78, 5) is 19.6. The first-order valence-electron chi connectivity index (χ1n) is 6.12. The Balaban J connectivity index is 1.54. The average Bonchev–Trinajstić information content (AvgIpc) is 2.98. The second-order valence-corrected chi connectivity index (χ2v) is 4.74. The summed E-state index contributed by atoms with van der Waals surface area (Å²) < 4.78 is 0. The van der Waals surface area contributed by atoms with E-state index in [-0.39, 0.29) is 5.91 Å². The molecule has 5 nitrogen and oxygen atoms in total. The van der Waals surface area contributed by atoms with Crippen LogP contribution in [0.25, 0.3) is 0 Å². The van der Waals surface area contributed by atoms with E-state index in [0.29, 0.717) is 12.2 Å². The number of amides is 1. The molecular weight excluding hydrogens is 260 g/mol. The normalized spacial score (nSPS) is 10.3. The molecule has 0 aliphatic heterocycles. The van der Waals surface area contributed by atoms with Gasteiger partial charge in [0.25, 0.3) is 5.91 Å². The molecule has 100 valence electrons. The number of hydrogen-bond donors (Lipinski definition) is 2. The van der Waals surface area contributed by atoms with Crippen LogP contribution in [0.2, 0.25) is 0 Å². The number of carbonyl (C=O) groups is 1. The van der Waals surface area contributed by atoms with Gasteiger partial charge in [-0.2, -0.15) is 0 Å². The number of nitrogens with zero attached hydrogens (tertiary/aromatic N) is 2. The molecule has 0 radical (unpaired) electrons. The van der Waals surface area contributed by atoms with E-state index >= 15 is 0 Å². The standard InChI is InChI=1S/C13H16N4OS/c18-13(12-9-19-10-17-12)16-6-2-5-15-8-11-3-1-4-14-7-11/h1,3-4,7,9-10,15H,2,5-6,8H2,(H,16,18). The van der Waals surface area contributed by atoms with Gasteiger partial charge in [-0.3, -0.25) is 9.78 Å². The lowest BCUT2D eigenvalue weighted by atomic mass is 10.3. The quantitative estimate of drug-likeness (QED) is 0.751. The van der Waals surface area contributed by atoms with Crippen LogP contribution in [0.15, 0.2) is 35.4 Å². The monoisotopic (exact) mass is 276 g/mol. The Kier molecular flexibility index (Phi) is 5.46. The molecule has 2 aromatic rings. The molecule has 2 aromatic heterocycles. The van der Waals surface area contributed by atoms with Gasteiger partial charge in [-0.15, -0.1) is 11.3 Å². The Bertz CT molecular complexity index is 487. The number of rotatable bonds is 7. The van der Waals surface area contributed by atoms with Crippen molar-refractivity contribution in [2.75, 3.05) is 13.1 Å². The lowest BCUT2D eigenvalue weighted by molar-refractivity contribution is 0.0949. The molecule has 0 fully saturated rings. The Morgan fingerprint density at radius 1 is 1.37 bits per heavy atom. The summed E-state index contributed by atoms with van der Waals surface area (Å²) in [5.41, 5.74) is 3.31. The topological polar surface area (TPSA) is 66.9 Å². The molecule has 1 amide bonds. The minimum atomic E-state index is -0.103. The van der Waals surface area contributed by atoms with Crippen LogP contribution < -0.4 is 10.6 Å². The van der Waals surface area contributed by atoms with Crippen LogP contribution in [-0.2, 0) is 6.54 Å². The minimum absolute atomic E-state index is 0.103. The highest BCUT2D eigenvalue weighted by atomic mass is 32.1. The van der Waals surface area contributed by atoms with Gasteiger partial charge >= 0.3 is 0 Å². The molecule has 0 bridgehead atoms. The molecule has 2 heterocycles. The Morgan fingerprint density at radius 2 is 2.32 bits per heavy atom. The molecule has 0 unspecified atom stereocenters. The third-order valence-corrected chi connectivity index (χ3v) is 3.12. The highest BCUT2D eigenvalue weighted by Crippen LogP contribution is 2.00. The molecule has 0 aromatic carbocycles. The van der Waals surface area contributed by atoms with Crippen LogP contribution in [0.1, 0.15) is 22.5 Å². The van der Waals surface area contributed by atoms with Crippen molar-refractivity contribution >= 4 is 17.2 Å². The predicted molar refractivity (Wildman–Crippen MR) is 75.0 cm³/mol. The third-order valence-electron chi connectivity index (χ3n) is 2.53. The fraction of sp³-hybridized carbons (Fsp3) is 0.308. The van der Waals surface area contributed by atoms with E-state index in [1.807, 2.05) is 18.3 Å². The number of pyridine rings is 1. The zero-order valence-corrected chi connectivity index (χ0v) is 11.3. The minimum Gasteiger partial charge on any atom is -0.351 e. The second-order valence-electron chi connectivity index (χ2n) is 4.02. The molecule has 2 rings (SSSR count). The van der Waals surface area contributed by atoms with Gasteiger partial charge in [0.1, 0.15) is 5.69 Å². The highest BCUT2D eigenvalue weighted by molar-refractivity contribution is 7.07. The first kappa shape index (κ1) is 13.6. The van der Waals surface area contributed by atoms with Gasteiger partial charge in [0.2, 0.25) is 0 Å². The van der Waals surface area contributed by atoms with Crippen LogP contribution >= 0.6 is 11.3 Å². The van der Waals surface area contributed by atoms with E-state index in [0.717, 1.165) is 25.1 Å². The smallest absolute Gasteiger partial charge is 0.270 e. The van der Waals surface area contributed by atoms with Gasteiger partial charge in [-0.25, -0.2) is 4.98 Å². The summed E-state index contributed by atoms with van der Waals surface area (Å²) in [6, 6.07) is 3.95. The van der Waals surface area contributed by atoms with E-state index in [1.165, 1.54) is 11.3 Å². The van der Waals surface area contributed by atoms with Crippen molar-refractivity contribution in [3.63, 3.8) is 0 Å². The van der Waals surface area contributed by atoms with Crippen LogP contribution in [0.5, 0.6) is 0 Å². The number of carbonyl (C=O) groups excluding carboxylic acids is 1. The SMILES string of the molecule is O=C(NCCCNCc1cccnc1)c1cscn1. The summed E-state index contributed by atoms with van der Waals surface area (Å²) in [6.07, 6.45) is 4.49. The molecule has 0 aliphatic carbocycles. The molecule has 0 spiro atoms. The molecule has 2 N–H and O–H groups in total. The van der Waals surface area contributed by atoms with Crippen LogP contribution in [0, 0.1) is 0 Å². The summed E-state index contributed by atoms with van der Waals surface area (Å²) in [6.45, 7) is 2.30. The summed E-state index contributed by atoms with van der Waals surface area (Å²) in [5.74, 6) is -0.103. The molecule has 0 saturated carbocycles. The maximum Gasteiger partial charge on any atom is 0.270 e. The zero-order valence-electron chi connectivity index (χ0n) is 10.5. The summed E-state index contributed by atoms with van der Waals surface area (Å²) in [7, 11) is 0. The molecule has 0 saturated heterocycles. The van der Waals surface area contributed by atoms with E-state index in [4.69, 9.17) is 0 Å². The largest absolute Gasteiger partial charge is 0.351 e. The van der Waals surface area contributed by atoms with Crippen LogP contribution in [0.4, 0.5) is 0 Å². The van der Waals surface area contributed by atoms with Crippen molar-refractivity contribution in [3.8, 4) is 0 Å². The van der Waals surface area contributed by atoms with Gasteiger partial charge in [-0.1, -0.05) is 6.07 Å². The summed E-state index contributed by atoms with van der Waals surface area (Å²) in [5, 5.41) is 7.89. The third kappa shape index (κ3) is 4.76. The molecule has 19 heavy (non-hydrogen) atoms. The van der Waals surface area contributed by atoms with Crippen LogP contribution in [-0.4, -0.2) is 29.0 Å². The summed E-state index contributed by atoms with van der Waals surface area (Å²) >= 11 is 1.42. The fourth-order valence-corrected chi connectivity index (χ4v) is 2.10. The van der Waals surface area contributed by atoms with E-state index in [9.17, 15) is 4.79 Å². The van der Waals surface area contributed by atoms with Crippen molar-refractivity contribution < 1.29 is 4.79 Å².